The first-order valence-corrected chi connectivity index (χ1v) is 5.09. The van der Waals surface area contributed by atoms with Crippen molar-refractivity contribution in [3.63, 3.8) is 0 Å². The van der Waals surface area contributed by atoms with Crippen molar-refractivity contribution in [2.75, 3.05) is 12.8 Å². The molecule has 1 aromatic carbocycles. The zero-order chi connectivity index (χ0) is 12.3. The fourth-order valence-electron chi connectivity index (χ4n) is 1.38. The van der Waals surface area contributed by atoms with E-state index in [0.717, 1.165) is 5.56 Å². The van der Waals surface area contributed by atoms with Crippen LogP contribution in [0.5, 0.6) is 17.5 Å². The number of hydrogen-bond donors (Lipinski definition) is 1. The molecule has 0 radical (unpaired) electrons. The van der Waals surface area contributed by atoms with Gasteiger partial charge in [0.25, 0.3) is 0 Å². The summed E-state index contributed by atoms with van der Waals surface area (Å²) in [6, 6.07) is 5.41. The van der Waals surface area contributed by atoms with Crippen LogP contribution in [-0.4, -0.2) is 17.1 Å². The van der Waals surface area contributed by atoms with Gasteiger partial charge in [-0.1, -0.05) is 0 Å². The lowest BCUT2D eigenvalue weighted by Crippen LogP contribution is -1.95. The molecular formula is C12H13N3O2. The highest BCUT2D eigenvalue weighted by Gasteiger charge is 2.04. The average Bonchev–Trinajstić information content (AvgIpc) is 2.33. The molecule has 1 heterocycles. The third-order valence-electron chi connectivity index (χ3n) is 2.21. The predicted octanol–water partition coefficient (Wildman–Crippen LogP) is 2.17. The van der Waals surface area contributed by atoms with Crippen molar-refractivity contribution in [2.24, 2.45) is 0 Å². The summed E-state index contributed by atoms with van der Waals surface area (Å²) in [5.41, 5.74) is 7.30. The molecule has 0 spiro atoms. The molecule has 2 aromatic rings. The summed E-state index contributed by atoms with van der Waals surface area (Å²) in [5.74, 6) is 1.49. The van der Waals surface area contributed by atoms with Gasteiger partial charge < -0.3 is 15.2 Å². The lowest BCUT2D eigenvalue weighted by Gasteiger charge is -2.08. The number of benzene rings is 1. The van der Waals surface area contributed by atoms with Crippen LogP contribution in [0.4, 0.5) is 5.69 Å². The fourth-order valence-corrected chi connectivity index (χ4v) is 1.38. The number of anilines is 1. The molecule has 0 aliphatic carbocycles. The summed E-state index contributed by atoms with van der Waals surface area (Å²) in [7, 11) is 1.53. The number of nitrogens with zero attached hydrogens (tertiary/aromatic N) is 2. The maximum atomic E-state index is 5.66. The van der Waals surface area contributed by atoms with E-state index in [1.54, 1.807) is 12.1 Å². The summed E-state index contributed by atoms with van der Waals surface area (Å²) < 4.78 is 10.6. The van der Waals surface area contributed by atoms with E-state index in [1.807, 2.05) is 13.0 Å². The minimum absolute atomic E-state index is 0.386. The zero-order valence-electron chi connectivity index (χ0n) is 9.68. The Labute approximate surface area is 99.2 Å². The molecule has 0 saturated carbocycles. The Kier molecular flexibility index (Phi) is 3.09. The van der Waals surface area contributed by atoms with Crippen LogP contribution in [0, 0.1) is 6.92 Å². The largest absolute Gasteiger partial charge is 0.480 e. The van der Waals surface area contributed by atoms with Gasteiger partial charge in [-0.05, 0) is 30.7 Å². The van der Waals surface area contributed by atoms with E-state index in [9.17, 15) is 0 Å². The van der Waals surface area contributed by atoms with Crippen molar-refractivity contribution >= 4 is 5.69 Å². The molecule has 0 bridgehead atoms. The molecule has 5 heteroatoms. The van der Waals surface area contributed by atoms with Gasteiger partial charge >= 0.3 is 0 Å². The molecular weight excluding hydrogens is 218 g/mol. The second-order valence-electron chi connectivity index (χ2n) is 3.53. The van der Waals surface area contributed by atoms with Crippen LogP contribution in [0.15, 0.2) is 30.6 Å². The summed E-state index contributed by atoms with van der Waals surface area (Å²) in [6.45, 7) is 1.92. The maximum Gasteiger partial charge on any atom is 0.241 e. The second-order valence-corrected chi connectivity index (χ2v) is 3.53. The molecule has 17 heavy (non-hydrogen) atoms. The Balaban J connectivity index is 2.25. The van der Waals surface area contributed by atoms with Gasteiger partial charge in [-0.2, -0.15) is 4.98 Å². The monoisotopic (exact) mass is 231 g/mol. The average molecular weight is 231 g/mol. The zero-order valence-corrected chi connectivity index (χ0v) is 9.68. The highest BCUT2D eigenvalue weighted by Crippen LogP contribution is 2.25. The first-order valence-electron chi connectivity index (χ1n) is 5.09. The van der Waals surface area contributed by atoms with Crippen LogP contribution in [0.2, 0.25) is 0 Å². The van der Waals surface area contributed by atoms with Crippen molar-refractivity contribution in [1.29, 1.82) is 0 Å². The second kappa shape index (κ2) is 4.69. The molecule has 0 unspecified atom stereocenters. The number of nitrogen functional groups attached to an aromatic ring is 1. The van der Waals surface area contributed by atoms with Crippen LogP contribution in [0.3, 0.4) is 0 Å². The number of nitrogens with two attached hydrogens (primary N) is 1. The quantitative estimate of drug-likeness (QED) is 0.820. The van der Waals surface area contributed by atoms with Gasteiger partial charge in [0.2, 0.25) is 11.8 Å². The molecule has 5 nitrogen and oxygen atoms in total. The minimum atomic E-state index is 0.386. The van der Waals surface area contributed by atoms with Gasteiger partial charge in [0.1, 0.15) is 5.75 Å². The number of rotatable bonds is 3. The van der Waals surface area contributed by atoms with Gasteiger partial charge in [-0.25, -0.2) is 0 Å². The van der Waals surface area contributed by atoms with Crippen molar-refractivity contribution in [1.82, 2.24) is 9.97 Å². The van der Waals surface area contributed by atoms with Crippen LogP contribution < -0.4 is 15.2 Å². The molecule has 2 N–H and O–H groups in total. The Morgan fingerprint density at radius 3 is 2.65 bits per heavy atom. The van der Waals surface area contributed by atoms with Crippen LogP contribution in [0.1, 0.15) is 5.56 Å². The number of methoxy groups -OCH3 is 1. The topological polar surface area (TPSA) is 70.3 Å². The van der Waals surface area contributed by atoms with Crippen LogP contribution in [-0.2, 0) is 0 Å². The van der Waals surface area contributed by atoms with E-state index in [-0.39, 0.29) is 0 Å². The minimum Gasteiger partial charge on any atom is -0.480 e. The van der Waals surface area contributed by atoms with Crippen molar-refractivity contribution < 1.29 is 9.47 Å². The van der Waals surface area contributed by atoms with E-state index < -0.39 is 0 Å². The van der Waals surface area contributed by atoms with E-state index in [0.29, 0.717) is 23.2 Å². The summed E-state index contributed by atoms with van der Waals surface area (Å²) in [6.07, 6.45) is 3.04. The normalized spacial score (nSPS) is 10.0. The van der Waals surface area contributed by atoms with Crippen LogP contribution >= 0.6 is 0 Å². The summed E-state index contributed by atoms with van der Waals surface area (Å²) in [5, 5.41) is 0. The Morgan fingerprint density at radius 2 is 1.94 bits per heavy atom. The predicted molar refractivity (Wildman–Crippen MR) is 64.2 cm³/mol. The third kappa shape index (κ3) is 2.63. The molecule has 0 aliphatic rings. The highest BCUT2D eigenvalue weighted by atomic mass is 16.5. The maximum absolute atomic E-state index is 5.66. The van der Waals surface area contributed by atoms with E-state index >= 15 is 0 Å². The molecule has 0 amide bonds. The number of aryl methyl sites for hydroxylation is 1. The van der Waals surface area contributed by atoms with E-state index in [2.05, 4.69) is 9.97 Å². The van der Waals surface area contributed by atoms with Gasteiger partial charge in [-0.3, -0.25) is 4.98 Å². The van der Waals surface area contributed by atoms with E-state index in [1.165, 1.54) is 19.5 Å². The van der Waals surface area contributed by atoms with Gasteiger partial charge in [-0.15, -0.1) is 0 Å². The van der Waals surface area contributed by atoms with E-state index in [4.69, 9.17) is 15.2 Å². The molecule has 0 aliphatic heterocycles. The lowest BCUT2D eigenvalue weighted by molar-refractivity contribution is 0.379. The van der Waals surface area contributed by atoms with Crippen molar-refractivity contribution in [2.45, 2.75) is 6.92 Å². The lowest BCUT2D eigenvalue weighted by atomic mass is 10.2. The number of hydrogen-bond acceptors (Lipinski definition) is 5. The Bertz CT molecular complexity index is 529. The molecule has 1 aromatic heterocycles. The van der Waals surface area contributed by atoms with Gasteiger partial charge in [0.05, 0.1) is 19.5 Å². The summed E-state index contributed by atoms with van der Waals surface area (Å²) >= 11 is 0. The van der Waals surface area contributed by atoms with Crippen LogP contribution in [0.25, 0.3) is 0 Å². The van der Waals surface area contributed by atoms with Gasteiger partial charge in [0, 0.05) is 5.69 Å². The molecule has 88 valence electrons. The smallest absolute Gasteiger partial charge is 0.241 e. The Morgan fingerprint density at radius 1 is 1.18 bits per heavy atom. The van der Waals surface area contributed by atoms with Crippen molar-refractivity contribution in [3.05, 3.63) is 36.2 Å². The summed E-state index contributed by atoms with van der Waals surface area (Å²) in [4.78, 5) is 8.07. The first-order chi connectivity index (χ1) is 8.19. The van der Waals surface area contributed by atoms with Crippen molar-refractivity contribution in [3.8, 4) is 17.5 Å². The van der Waals surface area contributed by atoms with Gasteiger partial charge in [0.15, 0.2) is 0 Å². The molecule has 0 atom stereocenters. The third-order valence-corrected chi connectivity index (χ3v) is 2.21. The standard InChI is InChI=1S/C12H13N3O2/c1-8-5-9(13)3-4-10(8)17-12-7-14-6-11(15-12)16-2/h3-7H,13H2,1-2H3. The Hall–Kier alpha value is -2.30. The molecule has 2 rings (SSSR count). The SMILES string of the molecule is COc1cncc(Oc2ccc(N)cc2C)n1. The number of aromatic nitrogens is 2. The fraction of sp³-hybridized carbons (Fsp3) is 0.167. The molecule has 0 fully saturated rings. The highest BCUT2D eigenvalue weighted by molar-refractivity contribution is 5.48. The molecule has 0 saturated heterocycles. The first kappa shape index (κ1) is 11.2. The number of ether oxygens (including phenoxy) is 2.